The van der Waals surface area contributed by atoms with Crippen molar-refractivity contribution in [3.8, 4) is 6.07 Å². The Bertz CT molecular complexity index is 371. The summed E-state index contributed by atoms with van der Waals surface area (Å²) in [6.45, 7) is 6.04. The van der Waals surface area contributed by atoms with Crippen LogP contribution in [0.1, 0.15) is 26.2 Å². The molecular formula is C14H23N3O2. The van der Waals surface area contributed by atoms with Crippen molar-refractivity contribution in [3.63, 3.8) is 0 Å². The largest absolute Gasteiger partial charge is 0.395 e. The molecule has 2 fully saturated rings. The Balaban J connectivity index is 1.95. The van der Waals surface area contributed by atoms with Crippen molar-refractivity contribution in [1.82, 2.24) is 9.80 Å². The molecule has 1 N–H and O–H groups in total. The Hall–Kier alpha value is -1.12. The Morgan fingerprint density at radius 2 is 2.11 bits per heavy atom. The zero-order valence-corrected chi connectivity index (χ0v) is 11.6. The molecule has 1 aliphatic carbocycles. The minimum absolute atomic E-state index is 0.0268. The highest BCUT2D eigenvalue weighted by atomic mass is 16.3. The number of nitriles is 1. The number of amides is 1. The van der Waals surface area contributed by atoms with Crippen molar-refractivity contribution in [2.75, 3.05) is 39.3 Å². The molecule has 0 aromatic rings. The van der Waals surface area contributed by atoms with Crippen LogP contribution >= 0.6 is 0 Å². The second-order valence-corrected chi connectivity index (χ2v) is 5.92. The summed E-state index contributed by atoms with van der Waals surface area (Å²) in [7, 11) is 0. The number of β-amino-alcohol motifs (C(OH)–C–C–N with tert-alkyl or cyclic N) is 1. The maximum atomic E-state index is 12.5. The number of hydrogen-bond acceptors (Lipinski definition) is 4. The molecule has 1 amide bonds. The Labute approximate surface area is 114 Å². The van der Waals surface area contributed by atoms with Crippen LogP contribution in [0.3, 0.4) is 0 Å². The Kier molecular flexibility index (Phi) is 4.43. The predicted octanol–water partition coefficient (Wildman–Crippen LogP) is 0.453. The molecule has 0 aromatic heterocycles. The molecule has 5 heteroatoms. The van der Waals surface area contributed by atoms with Gasteiger partial charge in [-0.05, 0) is 31.7 Å². The van der Waals surface area contributed by atoms with Gasteiger partial charge in [-0.3, -0.25) is 9.69 Å². The zero-order valence-electron chi connectivity index (χ0n) is 11.6. The van der Waals surface area contributed by atoms with E-state index in [1.165, 1.54) is 0 Å². The molecule has 1 aliphatic heterocycles. The number of carbonyl (C=O) groups excluding carboxylic acids is 1. The van der Waals surface area contributed by atoms with Gasteiger partial charge in [0, 0.05) is 26.2 Å². The van der Waals surface area contributed by atoms with E-state index in [2.05, 4.69) is 17.9 Å². The van der Waals surface area contributed by atoms with Crippen LogP contribution in [0.4, 0.5) is 0 Å². The van der Waals surface area contributed by atoms with Crippen LogP contribution in [-0.2, 0) is 4.79 Å². The van der Waals surface area contributed by atoms with E-state index in [-0.39, 0.29) is 12.5 Å². The molecule has 0 unspecified atom stereocenters. The quantitative estimate of drug-likeness (QED) is 0.804. The van der Waals surface area contributed by atoms with Crippen molar-refractivity contribution in [2.45, 2.75) is 26.2 Å². The fourth-order valence-electron chi connectivity index (χ4n) is 3.29. The lowest BCUT2D eigenvalue weighted by Crippen LogP contribution is -2.50. The topological polar surface area (TPSA) is 67.6 Å². The van der Waals surface area contributed by atoms with E-state index in [9.17, 15) is 10.1 Å². The van der Waals surface area contributed by atoms with Gasteiger partial charge in [-0.2, -0.15) is 5.26 Å². The van der Waals surface area contributed by atoms with Crippen molar-refractivity contribution >= 4 is 5.91 Å². The third kappa shape index (κ3) is 2.90. The van der Waals surface area contributed by atoms with E-state index in [0.29, 0.717) is 31.8 Å². The average molecular weight is 265 g/mol. The number of nitrogens with zero attached hydrogens (tertiary/aromatic N) is 3. The molecule has 0 bridgehead atoms. The van der Waals surface area contributed by atoms with Gasteiger partial charge < -0.3 is 10.0 Å². The molecule has 106 valence electrons. The fourth-order valence-corrected chi connectivity index (χ4v) is 3.29. The lowest BCUT2D eigenvalue weighted by molar-refractivity contribution is -0.145. The summed E-state index contributed by atoms with van der Waals surface area (Å²) in [6.07, 6.45) is 2.33. The first-order chi connectivity index (χ1) is 9.11. The van der Waals surface area contributed by atoms with Crippen LogP contribution in [0.25, 0.3) is 0 Å². The second kappa shape index (κ2) is 5.89. The van der Waals surface area contributed by atoms with Gasteiger partial charge in [0.1, 0.15) is 5.41 Å². The van der Waals surface area contributed by atoms with Crippen LogP contribution in [0.2, 0.25) is 0 Å². The van der Waals surface area contributed by atoms with Gasteiger partial charge in [0.2, 0.25) is 5.91 Å². The van der Waals surface area contributed by atoms with Crippen LogP contribution in [0.5, 0.6) is 0 Å². The highest BCUT2D eigenvalue weighted by Crippen LogP contribution is 2.46. The van der Waals surface area contributed by atoms with Crippen LogP contribution in [0, 0.1) is 22.7 Å². The van der Waals surface area contributed by atoms with E-state index in [1.807, 2.05) is 4.90 Å². The first-order valence-electron chi connectivity index (χ1n) is 7.15. The normalized spacial score (nSPS) is 32.3. The second-order valence-electron chi connectivity index (χ2n) is 5.92. The number of hydrogen-bond donors (Lipinski definition) is 1. The summed E-state index contributed by atoms with van der Waals surface area (Å²) in [6, 6.07) is 2.25. The molecule has 1 heterocycles. The average Bonchev–Trinajstić information content (AvgIpc) is 2.60. The van der Waals surface area contributed by atoms with Crippen molar-refractivity contribution in [3.05, 3.63) is 0 Å². The first kappa shape index (κ1) is 14.3. The SMILES string of the molecule is CC1CC(C#N)(C(=O)N2CCCN(CCO)CC2)C1. The van der Waals surface area contributed by atoms with E-state index >= 15 is 0 Å². The molecule has 0 aromatic carbocycles. The van der Waals surface area contributed by atoms with E-state index in [4.69, 9.17) is 5.11 Å². The van der Waals surface area contributed by atoms with Crippen molar-refractivity contribution in [2.24, 2.45) is 11.3 Å². The zero-order chi connectivity index (χ0) is 13.9. The Morgan fingerprint density at radius 3 is 2.68 bits per heavy atom. The summed E-state index contributed by atoms with van der Waals surface area (Å²) < 4.78 is 0. The number of aliphatic hydroxyl groups is 1. The molecule has 0 atom stereocenters. The van der Waals surface area contributed by atoms with Gasteiger partial charge in [-0.15, -0.1) is 0 Å². The summed E-state index contributed by atoms with van der Waals surface area (Å²) in [4.78, 5) is 16.6. The molecule has 2 aliphatic rings. The van der Waals surface area contributed by atoms with Gasteiger partial charge in [0.25, 0.3) is 0 Å². The summed E-state index contributed by atoms with van der Waals surface area (Å²) in [5.74, 6) is 0.514. The van der Waals surface area contributed by atoms with Crippen molar-refractivity contribution < 1.29 is 9.90 Å². The van der Waals surface area contributed by atoms with Crippen LogP contribution in [0.15, 0.2) is 0 Å². The number of aliphatic hydroxyl groups excluding tert-OH is 1. The molecule has 1 saturated heterocycles. The van der Waals surface area contributed by atoms with Crippen LogP contribution in [-0.4, -0.2) is 60.1 Å². The summed E-state index contributed by atoms with van der Waals surface area (Å²) >= 11 is 0. The standard InChI is InChI=1S/C14H23N3O2/c1-12-9-14(10-12,11-15)13(19)17-4-2-3-16(5-6-17)7-8-18/h12,18H,2-10H2,1H3. The first-order valence-corrected chi connectivity index (χ1v) is 7.15. The molecule has 5 nitrogen and oxygen atoms in total. The fraction of sp³-hybridized carbons (Fsp3) is 0.857. The molecular weight excluding hydrogens is 242 g/mol. The van der Waals surface area contributed by atoms with E-state index in [0.717, 1.165) is 26.1 Å². The smallest absolute Gasteiger partial charge is 0.243 e. The molecule has 1 saturated carbocycles. The molecule has 2 rings (SSSR count). The van der Waals surface area contributed by atoms with Crippen LogP contribution < -0.4 is 0 Å². The molecule has 0 radical (unpaired) electrons. The van der Waals surface area contributed by atoms with Crippen molar-refractivity contribution in [1.29, 1.82) is 5.26 Å². The maximum absolute atomic E-state index is 12.5. The minimum atomic E-state index is -0.744. The monoisotopic (exact) mass is 265 g/mol. The summed E-state index contributed by atoms with van der Waals surface area (Å²) in [5, 5.41) is 18.3. The molecule has 0 spiro atoms. The van der Waals surface area contributed by atoms with E-state index < -0.39 is 5.41 Å². The highest BCUT2D eigenvalue weighted by Gasteiger charge is 2.50. The number of carbonyl (C=O) groups is 1. The third-order valence-corrected chi connectivity index (χ3v) is 4.31. The Morgan fingerprint density at radius 1 is 1.37 bits per heavy atom. The van der Waals surface area contributed by atoms with Gasteiger partial charge in [-0.1, -0.05) is 6.92 Å². The lowest BCUT2D eigenvalue weighted by Gasteiger charge is -2.42. The predicted molar refractivity (Wildman–Crippen MR) is 71.2 cm³/mol. The third-order valence-electron chi connectivity index (χ3n) is 4.31. The maximum Gasteiger partial charge on any atom is 0.243 e. The highest BCUT2D eigenvalue weighted by molar-refractivity contribution is 5.86. The minimum Gasteiger partial charge on any atom is -0.395 e. The van der Waals surface area contributed by atoms with Gasteiger partial charge >= 0.3 is 0 Å². The van der Waals surface area contributed by atoms with Gasteiger partial charge in [0.15, 0.2) is 0 Å². The van der Waals surface area contributed by atoms with Gasteiger partial charge in [-0.25, -0.2) is 0 Å². The van der Waals surface area contributed by atoms with Gasteiger partial charge in [0.05, 0.1) is 12.7 Å². The summed E-state index contributed by atoms with van der Waals surface area (Å²) in [5.41, 5.74) is -0.744. The molecule has 19 heavy (non-hydrogen) atoms. The lowest BCUT2D eigenvalue weighted by atomic mass is 9.62. The number of rotatable bonds is 3. The van der Waals surface area contributed by atoms with E-state index in [1.54, 1.807) is 0 Å².